The molecule has 4 nitrogen and oxygen atoms in total. The minimum Gasteiger partial charge on any atom is -0.479 e. The molecule has 0 spiro atoms. The summed E-state index contributed by atoms with van der Waals surface area (Å²) in [7, 11) is 1.54. The van der Waals surface area contributed by atoms with Crippen LogP contribution < -0.4 is 4.74 Å². The van der Waals surface area contributed by atoms with Gasteiger partial charge in [-0.3, -0.25) is 0 Å². The predicted molar refractivity (Wildman–Crippen MR) is 60.8 cm³/mol. The maximum atomic E-state index is 6.00. The molecule has 16 heavy (non-hydrogen) atoms. The van der Waals surface area contributed by atoms with E-state index in [9.17, 15) is 0 Å². The summed E-state index contributed by atoms with van der Waals surface area (Å²) in [6, 6.07) is 1.84. The Morgan fingerprint density at radius 1 is 1.44 bits per heavy atom. The van der Waals surface area contributed by atoms with E-state index >= 15 is 0 Å². The molecule has 1 aliphatic rings. The Kier molecular flexibility index (Phi) is 3.96. The van der Waals surface area contributed by atoms with Gasteiger partial charge in [-0.05, 0) is 31.2 Å². The fourth-order valence-electron chi connectivity index (χ4n) is 1.88. The molecule has 0 aromatic carbocycles. The maximum absolute atomic E-state index is 6.00. The van der Waals surface area contributed by atoms with Crippen molar-refractivity contribution in [2.75, 3.05) is 20.3 Å². The molecule has 0 radical (unpaired) electrons. The SMILES string of the molecule is COc1nnc(CC2CCOCC2)cc1Cl. The third-order valence-corrected chi connectivity index (χ3v) is 3.07. The Morgan fingerprint density at radius 2 is 2.19 bits per heavy atom. The number of hydrogen-bond acceptors (Lipinski definition) is 4. The first-order valence-corrected chi connectivity index (χ1v) is 5.81. The van der Waals surface area contributed by atoms with Gasteiger partial charge in [0.2, 0.25) is 0 Å². The number of rotatable bonds is 3. The lowest BCUT2D eigenvalue weighted by molar-refractivity contribution is 0.0662. The van der Waals surface area contributed by atoms with Crippen molar-refractivity contribution < 1.29 is 9.47 Å². The molecular formula is C11H15ClN2O2. The van der Waals surface area contributed by atoms with E-state index in [0.717, 1.165) is 38.2 Å². The second kappa shape index (κ2) is 5.46. The fraction of sp³-hybridized carbons (Fsp3) is 0.636. The summed E-state index contributed by atoms with van der Waals surface area (Å²) in [6.45, 7) is 1.70. The number of hydrogen-bond donors (Lipinski definition) is 0. The molecule has 0 unspecified atom stereocenters. The number of ether oxygens (including phenoxy) is 2. The first-order chi connectivity index (χ1) is 7.79. The van der Waals surface area contributed by atoms with Gasteiger partial charge in [-0.25, -0.2) is 0 Å². The monoisotopic (exact) mass is 242 g/mol. The number of nitrogens with zero attached hydrogens (tertiary/aromatic N) is 2. The quantitative estimate of drug-likeness (QED) is 0.814. The van der Waals surface area contributed by atoms with Crippen molar-refractivity contribution in [3.63, 3.8) is 0 Å². The van der Waals surface area contributed by atoms with Gasteiger partial charge >= 0.3 is 0 Å². The average Bonchev–Trinajstić information content (AvgIpc) is 2.31. The second-order valence-electron chi connectivity index (χ2n) is 3.95. The van der Waals surface area contributed by atoms with E-state index in [-0.39, 0.29) is 0 Å². The van der Waals surface area contributed by atoms with Gasteiger partial charge in [-0.15, -0.1) is 5.10 Å². The highest BCUT2D eigenvalue weighted by Crippen LogP contribution is 2.24. The molecule has 2 heterocycles. The summed E-state index contributed by atoms with van der Waals surface area (Å²) in [5, 5.41) is 8.56. The summed E-state index contributed by atoms with van der Waals surface area (Å²) >= 11 is 6.00. The van der Waals surface area contributed by atoms with Gasteiger partial charge in [-0.1, -0.05) is 11.6 Å². The van der Waals surface area contributed by atoms with Crippen molar-refractivity contribution in [2.45, 2.75) is 19.3 Å². The standard InChI is InChI=1S/C11H15ClN2O2/c1-15-11-10(12)7-9(13-14-11)6-8-2-4-16-5-3-8/h7-8H,2-6H2,1H3. The summed E-state index contributed by atoms with van der Waals surface area (Å²) in [5.74, 6) is 1.02. The third-order valence-electron chi connectivity index (χ3n) is 2.80. The predicted octanol–water partition coefficient (Wildman–Crippen LogP) is 2.11. The van der Waals surface area contributed by atoms with Crippen molar-refractivity contribution in [2.24, 2.45) is 5.92 Å². The molecule has 1 aliphatic heterocycles. The average molecular weight is 243 g/mol. The van der Waals surface area contributed by atoms with Crippen LogP contribution in [0, 0.1) is 5.92 Å². The van der Waals surface area contributed by atoms with Crippen LogP contribution in [0.5, 0.6) is 5.88 Å². The van der Waals surface area contributed by atoms with Crippen molar-refractivity contribution in [3.05, 3.63) is 16.8 Å². The highest BCUT2D eigenvalue weighted by Gasteiger charge is 2.16. The summed E-state index contributed by atoms with van der Waals surface area (Å²) in [5.41, 5.74) is 0.928. The minimum absolute atomic E-state index is 0.386. The van der Waals surface area contributed by atoms with E-state index in [1.54, 1.807) is 0 Å². The van der Waals surface area contributed by atoms with Crippen LogP contribution >= 0.6 is 11.6 Å². The van der Waals surface area contributed by atoms with E-state index in [1.165, 1.54) is 7.11 Å². The molecule has 0 atom stereocenters. The van der Waals surface area contributed by atoms with Crippen LogP contribution in [0.25, 0.3) is 0 Å². The summed E-state index contributed by atoms with van der Waals surface area (Å²) in [6.07, 6.45) is 3.09. The number of methoxy groups -OCH3 is 1. The van der Waals surface area contributed by atoms with Gasteiger partial charge in [-0.2, -0.15) is 5.10 Å². The Bertz CT molecular complexity index is 354. The lowest BCUT2D eigenvalue weighted by atomic mass is 9.95. The van der Waals surface area contributed by atoms with Crippen LogP contribution in [-0.4, -0.2) is 30.5 Å². The highest BCUT2D eigenvalue weighted by atomic mass is 35.5. The Hall–Kier alpha value is -0.870. The van der Waals surface area contributed by atoms with Crippen LogP contribution in [0.3, 0.4) is 0 Å². The zero-order chi connectivity index (χ0) is 11.4. The van der Waals surface area contributed by atoms with E-state index in [2.05, 4.69) is 10.2 Å². The van der Waals surface area contributed by atoms with E-state index in [1.807, 2.05) is 6.07 Å². The normalized spacial score (nSPS) is 17.4. The molecule has 1 aromatic heterocycles. The Labute approximate surface area is 99.9 Å². The first-order valence-electron chi connectivity index (χ1n) is 5.43. The van der Waals surface area contributed by atoms with Crippen molar-refractivity contribution in [3.8, 4) is 5.88 Å². The van der Waals surface area contributed by atoms with E-state index < -0.39 is 0 Å². The topological polar surface area (TPSA) is 44.2 Å². The summed E-state index contributed by atoms with van der Waals surface area (Å²) in [4.78, 5) is 0. The highest BCUT2D eigenvalue weighted by molar-refractivity contribution is 6.31. The molecule has 0 bridgehead atoms. The second-order valence-corrected chi connectivity index (χ2v) is 4.36. The van der Waals surface area contributed by atoms with Gasteiger partial charge in [0.25, 0.3) is 5.88 Å². The van der Waals surface area contributed by atoms with Crippen molar-refractivity contribution in [1.82, 2.24) is 10.2 Å². The Morgan fingerprint density at radius 3 is 2.81 bits per heavy atom. The smallest absolute Gasteiger partial charge is 0.252 e. The van der Waals surface area contributed by atoms with Crippen LogP contribution in [0.15, 0.2) is 6.07 Å². The molecule has 1 fully saturated rings. The molecule has 5 heteroatoms. The summed E-state index contributed by atoms with van der Waals surface area (Å²) < 4.78 is 10.3. The lowest BCUT2D eigenvalue weighted by Crippen LogP contribution is -2.18. The molecule has 1 saturated heterocycles. The molecule has 1 aromatic rings. The lowest BCUT2D eigenvalue weighted by Gasteiger charge is -2.21. The van der Waals surface area contributed by atoms with Crippen LogP contribution in [0.2, 0.25) is 5.02 Å². The van der Waals surface area contributed by atoms with Crippen molar-refractivity contribution in [1.29, 1.82) is 0 Å². The van der Waals surface area contributed by atoms with Gasteiger partial charge in [0.05, 0.1) is 12.8 Å². The van der Waals surface area contributed by atoms with Gasteiger partial charge in [0, 0.05) is 13.2 Å². The Balaban J connectivity index is 2.01. The maximum Gasteiger partial charge on any atom is 0.252 e. The third kappa shape index (κ3) is 2.83. The zero-order valence-electron chi connectivity index (χ0n) is 9.28. The molecule has 0 amide bonds. The van der Waals surface area contributed by atoms with E-state index in [4.69, 9.17) is 21.1 Å². The largest absolute Gasteiger partial charge is 0.479 e. The molecule has 0 saturated carbocycles. The van der Waals surface area contributed by atoms with Gasteiger partial charge in [0.1, 0.15) is 5.02 Å². The minimum atomic E-state index is 0.386. The molecular weight excluding hydrogens is 228 g/mol. The van der Waals surface area contributed by atoms with E-state index in [0.29, 0.717) is 16.8 Å². The van der Waals surface area contributed by atoms with Gasteiger partial charge < -0.3 is 9.47 Å². The van der Waals surface area contributed by atoms with Crippen LogP contribution in [0.4, 0.5) is 0 Å². The molecule has 0 N–H and O–H groups in total. The zero-order valence-corrected chi connectivity index (χ0v) is 10.0. The van der Waals surface area contributed by atoms with Crippen LogP contribution in [-0.2, 0) is 11.2 Å². The molecule has 2 rings (SSSR count). The van der Waals surface area contributed by atoms with Crippen LogP contribution in [0.1, 0.15) is 18.5 Å². The molecule has 88 valence electrons. The number of halogens is 1. The van der Waals surface area contributed by atoms with Crippen molar-refractivity contribution >= 4 is 11.6 Å². The molecule has 0 aliphatic carbocycles. The number of aromatic nitrogens is 2. The van der Waals surface area contributed by atoms with Gasteiger partial charge in [0.15, 0.2) is 0 Å². The first kappa shape index (κ1) is 11.6. The fourth-order valence-corrected chi connectivity index (χ4v) is 2.12.